The molecule has 0 fully saturated rings. The number of esters is 1. The molecule has 0 atom stereocenters. The maximum absolute atomic E-state index is 12.4. The van der Waals surface area contributed by atoms with Crippen LogP contribution in [-0.2, 0) is 10.9 Å². The van der Waals surface area contributed by atoms with Crippen molar-refractivity contribution >= 4 is 37.8 Å². The van der Waals surface area contributed by atoms with Gasteiger partial charge in [0.05, 0.1) is 18.2 Å². The largest absolute Gasteiger partial charge is 0.465 e. The summed E-state index contributed by atoms with van der Waals surface area (Å²) in [5, 5.41) is 0. The Kier molecular flexibility index (Phi) is 4.01. The second-order valence-corrected chi connectivity index (χ2v) is 4.51. The summed E-state index contributed by atoms with van der Waals surface area (Å²) in [5.41, 5.74) is -0.825. The zero-order valence-electron chi connectivity index (χ0n) is 7.86. The molecular weight excluding hydrogens is 357 g/mol. The molecule has 0 radical (unpaired) electrons. The van der Waals surface area contributed by atoms with Gasteiger partial charge in [0.15, 0.2) is 0 Å². The van der Waals surface area contributed by atoms with Crippen LogP contribution in [0.25, 0.3) is 0 Å². The quantitative estimate of drug-likeness (QED) is 0.706. The van der Waals surface area contributed by atoms with Crippen LogP contribution < -0.4 is 0 Å². The van der Waals surface area contributed by atoms with Gasteiger partial charge < -0.3 is 4.74 Å². The van der Waals surface area contributed by atoms with E-state index in [9.17, 15) is 18.0 Å². The third-order valence-electron chi connectivity index (χ3n) is 1.76. The van der Waals surface area contributed by atoms with Gasteiger partial charge in [0.25, 0.3) is 0 Å². The van der Waals surface area contributed by atoms with Crippen molar-refractivity contribution in [3.8, 4) is 0 Å². The van der Waals surface area contributed by atoms with E-state index < -0.39 is 17.7 Å². The third-order valence-corrected chi connectivity index (χ3v) is 3.01. The highest BCUT2D eigenvalue weighted by Crippen LogP contribution is 2.36. The van der Waals surface area contributed by atoms with Gasteiger partial charge in [0.1, 0.15) is 0 Å². The van der Waals surface area contributed by atoms with Crippen molar-refractivity contribution in [2.24, 2.45) is 0 Å². The first kappa shape index (κ1) is 13.5. The molecular formula is C9H5Br2F3O2. The predicted octanol–water partition coefficient (Wildman–Crippen LogP) is 4.02. The first-order valence-electron chi connectivity index (χ1n) is 3.92. The van der Waals surface area contributed by atoms with Gasteiger partial charge in [-0.1, -0.05) is 0 Å². The van der Waals surface area contributed by atoms with Crippen LogP contribution in [0.5, 0.6) is 0 Å². The Morgan fingerprint density at radius 2 is 1.69 bits per heavy atom. The van der Waals surface area contributed by atoms with Gasteiger partial charge in [-0.25, -0.2) is 4.79 Å². The summed E-state index contributed by atoms with van der Waals surface area (Å²) in [6.45, 7) is 0. The number of ether oxygens (including phenoxy) is 1. The second kappa shape index (κ2) is 4.75. The zero-order valence-corrected chi connectivity index (χ0v) is 11.0. The fraction of sp³-hybridized carbons (Fsp3) is 0.222. The molecule has 0 aromatic heterocycles. The Labute approximate surface area is 106 Å². The molecule has 1 aromatic rings. The molecule has 0 aliphatic carbocycles. The molecule has 0 N–H and O–H groups in total. The molecule has 0 saturated carbocycles. The Morgan fingerprint density at radius 1 is 1.25 bits per heavy atom. The average molecular weight is 362 g/mol. The fourth-order valence-corrected chi connectivity index (χ4v) is 2.54. The smallest absolute Gasteiger partial charge is 0.416 e. The van der Waals surface area contributed by atoms with Crippen molar-refractivity contribution in [1.29, 1.82) is 0 Å². The van der Waals surface area contributed by atoms with Crippen molar-refractivity contribution < 1.29 is 22.7 Å². The number of hydrogen-bond acceptors (Lipinski definition) is 2. The van der Waals surface area contributed by atoms with Crippen LogP contribution in [0, 0.1) is 0 Å². The molecule has 1 aromatic carbocycles. The normalized spacial score (nSPS) is 11.4. The number of alkyl halides is 3. The minimum Gasteiger partial charge on any atom is -0.465 e. The highest BCUT2D eigenvalue weighted by molar-refractivity contribution is 9.11. The molecule has 0 unspecified atom stereocenters. The number of benzene rings is 1. The standard InChI is InChI=1S/C9H5Br2F3O2/c1-16-8(15)7-5(10)2-4(3-6(7)11)9(12,13)14/h2-3H,1H3. The first-order chi connectivity index (χ1) is 7.27. The van der Waals surface area contributed by atoms with Crippen LogP contribution in [0.3, 0.4) is 0 Å². The second-order valence-electron chi connectivity index (χ2n) is 2.80. The fourth-order valence-electron chi connectivity index (χ4n) is 1.03. The lowest BCUT2D eigenvalue weighted by Crippen LogP contribution is -2.09. The molecule has 2 nitrogen and oxygen atoms in total. The van der Waals surface area contributed by atoms with E-state index in [2.05, 4.69) is 36.6 Å². The van der Waals surface area contributed by atoms with Gasteiger partial charge in [-0.05, 0) is 44.0 Å². The number of carbonyl (C=O) groups is 1. The lowest BCUT2D eigenvalue weighted by molar-refractivity contribution is -0.137. The molecule has 0 amide bonds. The molecule has 16 heavy (non-hydrogen) atoms. The van der Waals surface area contributed by atoms with Gasteiger partial charge in [-0.2, -0.15) is 13.2 Å². The number of carbonyl (C=O) groups excluding carboxylic acids is 1. The van der Waals surface area contributed by atoms with Crippen LogP contribution in [-0.4, -0.2) is 13.1 Å². The van der Waals surface area contributed by atoms with Crippen molar-refractivity contribution in [3.05, 3.63) is 32.2 Å². The third kappa shape index (κ3) is 2.76. The maximum atomic E-state index is 12.4. The van der Waals surface area contributed by atoms with E-state index in [0.717, 1.165) is 19.2 Å². The molecule has 0 heterocycles. The van der Waals surface area contributed by atoms with E-state index in [0.29, 0.717) is 0 Å². The number of halogens is 5. The highest BCUT2D eigenvalue weighted by atomic mass is 79.9. The van der Waals surface area contributed by atoms with E-state index in [1.807, 2.05) is 0 Å². The summed E-state index contributed by atoms with van der Waals surface area (Å²) in [6, 6.07) is 1.66. The summed E-state index contributed by atoms with van der Waals surface area (Å²) in [7, 11) is 1.15. The van der Waals surface area contributed by atoms with E-state index in [1.54, 1.807) is 0 Å². The van der Waals surface area contributed by atoms with E-state index in [1.165, 1.54) is 0 Å². The molecule has 88 valence electrons. The van der Waals surface area contributed by atoms with Gasteiger partial charge in [-0.15, -0.1) is 0 Å². The van der Waals surface area contributed by atoms with Gasteiger partial charge in [0.2, 0.25) is 0 Å². The Bertz CT molecular complexity index is 406. The summed E-state index contributed by atoms with van der Waals surface area (Å²) in [4.78, 5) is 11.3. The van der Waals surface area contributed by atoms with Crippen molar-refractivity contribution in [2.75, 3.05) is 7.11 Å². The van der Waals surface area contributed by atoms with Gasteiger partial charge >= 0.3 is 12.1 Å². The SMILES string of the molecule is COC(=O)c1c(Br)cc(C(F)(F)F)cc1Br. The number of hydrogen-bond donors (Lipinski definition) is 0. The van der Waals surface area contributed by atoms with Crippen LogP contribution in [0.1, 0.15) is 15.9 Å². The maximum Gasteiger partial charge on any atom is 0.416 e. The molecule has 0 aliphatic heterocycles. The highest BCUT2D eigenvalue weighted by Gasteiger charge is 2.32. The Hall–Kier alpha value is -0.560. The average Bonchev–Trinajstić information content (AvgIpc) is 2.14. The minimum atomic E-state index is -4.46. The van der Waals surface area contributed by atoms with Gasteiger partial charge in [0, 0.05) is 8.95 Å². The van der Waals surface area contributed by atoms with E-state index in [4.69, 9.17) is 0 Å². The molecule has 0 bridgehead atoms. The molecule has 0 saturated heterocycles. The summed E-state index contributed by atoms with van der Waals surface area (Å²) in [5.74, 6) is -0.715. The Balaban J connectivity index is 3.34. The molecule has 0 spiro atoms. The first-order valence-corrected chi connectivity index (χ1v) is 5.50. The zero-order chi connectivity index (χ0) is 12.5. The lowest BCUT2D eigenvalue weighted by Gasteiger charge is -2.11. The van der Waals surface area contributed by atoms with Crippen molar-refractivity contribution in [3.63, 3.8) is 0 Å². The van der Waals surface area contributed by atoms with Crippen LogP contribution >= 0.6 is 31.9 Å². The van der Waals surface area contributed by atoms with Crippen molar-refractivity contribution in [2.45, 2.75) is 6.18 Å². The van der Waals surface area contributed by atoms with Crippen LogP contribution in [0.15, 0.2) is 21.1 Å². The van der Waals surface area contributed by atoms with Gasteiger partial charge in [-0.3, -0.25) is 0 Å². The topological polar surface area (TPSA) is 26.3 Å². The summed E-state index contributed by atoms with van der Waals surface area (Å²) < 4.78 is 41.7. The molecule has 7 heteroatoms. The van der Waals surface area contributed by atoms with E-state index >= 15 is 0 Å². The number of rotatable bonds is 1. The molecule has 0 aliphatic rings. The van der Waals surface area contributed by atoms with Crippen LogP contribution in [0.4, 0.5) is 13.2 Å². The molecule has 1 rings (SSSR count). The predicted molar refractivity (Wildman–Crippen MR) is 58.2 cm³/mol. The summed E-state index contributed by atoms with van der Waals surface area (Å²) >= 11 is 5.80. The number of methoxy groups -OCH3 is 1. The van der Waals surface area contributed by atoms with Crippen molar-refractivity contribution in [1.82, 2.24) is 0 Å². The monoisotopic (exact) mass is 360 g/mol. The summed E-state index contributed by atoms with van der Waals surface area (Å²) in [6.07, 6.45) is -4.46. The lowest BCUT2D eigenvalue weighted by atomic mass is 10.1. The minimum absolute atomic E-state index is 0.0236. The van der Waals surface area contributed by atoms with Crippen LogP contribution in [0.2, 0.25) is 0 Å². The van der Waals surface area contributed by atoms with E-state index in [-0.39, 0.29) is 14.5 Å². The Morgan fingerprint density at radius 3 is 2.00 bits per heavy atom.